The molecule has 0 bridgehead atoms. The van der Waals surface area contributed by atoms with E-state index in [9.17, 15) is 13.2 Å². The molecule has 1 fully saturated rings. The number of halogens is 3. The summed E-state index contributed by atoms with van der Waals surface area (Å²) in [5.41, 5.74) is 5.91. The maximum atomic E-state index is 12.4. The van der Waals surface area contributed by atoms with Gasteiger partial charge >= 0.3 is 6.36 Å². The maximum absolute atomic E-state index is 12.4. The Morgan fingerprint density at radius 3 is 2.85 bits per heavy atom. The van der Waals surface area contributed by atoms with Crippen LogP contribution in [0.5, 0.6) is 5.75 Å². The van der Waals surface area contributed by atoms with Crippen molar-refractivity contribution in [1.82, 2.24) is 4.90 Å². The number of nitrogens with one attached hydrogen (secondary N) is 1. The number of benzene rings is 1. The van der Waals surface area contributed by atoms with Crippen LogP contribution in [0.15, 0.2) is 29.3 Å². The SMILES string of the molecule is CC1CCCN(CCCCN=C(N)Nc2ccccc2OC(F)(F)F)C1. The Labute approximate surface area is 152 Å². The molecule has 0 aliphatic carbocycles. The summed E-state index contributed by atoms with van der Waals surface area (Å²) in [6.07, 6.45) is -0.279. The van der Waals surface area contributed by atoms with Crippen LogP contribution >= 0.6 is 0 Å². The number of nitrogens with zero attached hydrogens (tertiary/aromatic N) is 2. The van der Waals surface area contributed by atoms with Gasteiger partial charge in [-0.25, -0.2) is 0 Å². The van der Waals surface area contributed by atoms with E-state index in [0.29, 0.717) is 6.54 Å². The second kappa shape index (κ2) is 9.66. The number of hydrogen-bond donors (Lipinski definition) is 2. The smallest absolute Gasteiger partial charge is 0.404 e. The molecule has 1 heterocycles. The average Bonchev–Trinajstić information content (AvgIpc) is 2.55. The highest BCUT2D eigenvalue weighted by molar-refractivity contribution is 5.93. The van der Waals surface area contributed by atoms with E-state index in [2.05, 4.69) is 26.9 Å². The van der Waals surface area contributed by atoms with E-state index in [1.165, 1.54) is 31.0 Å². The van der Waals surface area contributed by atoms with Gasteiger partial charge in [-0.15, -0.1) is 13.2 Å². The van der Waals surface area contributed by atoms with Gasteiger partial charge in [-0.3, -0.25) is 4.99 Å². The number of anilines is 1. The van der Waals surface area contributed by atoms with Crippen LogP contribution in [0.3, 0.4) is 0 Å². The lowest BCUT2D eigenvalue weighted by Gasteiger charge is -2.30. The van der Waals surface area contributed by atoms with E-state index < -0.39 is 6.36 Å². The number of hydrogen-bond acceptors (Lipinski definition) is 3. The van der Waals surface area contributed by atoms with Crippen LogP contribution < -0.4 is 15.8 Å². The number of ether oxygens (including phenoxy) is 1. The normalized spacial score (nSPS) is 19.4. The first-order valence-corrected chi connectivity index (χ1v) is 8.97. The molecule has 0 saturated carbocycles. The van der Waals surface area contributed by atoms with Gasteiger partial charge in [0.2, 0.25) is 0 Å². The summed E-state index contributed by atoms with van der Waals surface area (Å²) in [4.78, 5) is 6.66. The molecule has 146 valence electrons. The zero-order chi connectivity index (χ0) is 19.0. The van der Waals surface area contributed by atoms with Crippen LogP contribution in [0.2, 0.25) is 0 Å². The summed E-state index contributed by atoms with van der Waals surface area (Å²) in [5, 5.41) is 2.67. The topological polar surface area (TPSA) is 62.9 Å². The Morgan fingerprint density at radius 2 is 2.12 bits per heavy atom. The van der Waals surface area contributed by atoms with Crippen LogP contribution in [0.1, 0.15) is 32.6 Å². The Hall–Kier alpha value is -1.96. The lowest BCUT2D eigenvalue weighted by molar-refractivity contribution is -0.274. The minimum Gasteiger partial charge on any atom is -0.404 e. The van der Waals surface area contributed by atoms with E-state index in [0.717, 1.165) is 38.4 Å². The number of para-hydroxylation sites is 2. The lowest BCUT2D eigenvalue weighted by atomic mass is 10.0. The number of nitrogens with two attached hydrogens (primary N) is 1. The molecule has 1 aliphatic rings. The fourth-order valence-corrected chi connectivity index (χ4v) is 3.10. The molecule has 0 aromatic heterocycles. The van der Waals surface area contributed by atoms with Crippen LogP contribution in [-0.2, 0) is 0 Å². The molecule has 3 N–H and O–H groups in total. The van der Waals surface area contributed by atoms with E-state index in [1.54, 1.807) is 6.07 Å². The van der Waals surface area contributed by atoms with Crippen molar-refractivity contribution < 1.29 is 17.9 Å². The largest absolute Gasteiger partial charge is 0.573 e. The lowest BCUT2D eigenvalue weighted by Crippen LogP contribution is -2.35. The maximum Gasteiger partial charge on any atom is 0.573 e. The second-order valence-electron chi connectivity index (χ2n) is 6.69. The van der Waals surface area contributed by atoms with Crippen LogP contribution in [0.4, 0.5) is 18.9 Å². The number of guanidine groups is 1. The quantitative estimate of drug-likeness (QED) is 0.434. The molecular formula is C18H27F3N4O. The average molecular weight is 372 g/mol. The van der Waals surface area contributed by atoms with E-state index in [1.807, 2.05) is 0 Å². The molecule has 8 heteroatoms. The molecule has 1 aromatic carbocycles. The number of aliphatic imine (C=N–C) groups is 1. The first kappa shape index (κ1) is 20.4. The Kier molecular flexibility index (Phi) is 7.56. The molecule has 2 rings (SSSR count). The number of likely N-dealkylation sites (tertiary alicyclic amines) is 1. The van der Waals surface area contributed by atoms with Crippen molar-refractivity contribution in [3.05, 3.63) is 24.3 Å². The summed E-state index contributed by atoms with van der Waals surface area (Å²) < 4.78 is 41.2. The van der Waals surface area contributed by atoms with E-state index in [4.69, 9.17) is 5.73 Å². The zero-order valence-corrected chi connectivity index (χ0v) is 15.1. The minimum absolute atomic E-state index is 0.0785. The first-order valence-electron chi connectivity index (χ1n) is 8.97. The van der Waals surface area contributed by atoms with Crippen molar-refractivity contribution >= 4 is 11.6 Å². The molecule has 1 atom stereocenters. The molecular weight excluding hydrogens is 345 g/mol. The number of rotatable bonds is 7. The Morgan fingerprint density at radius 1 is 1.35 bits per heavy atom. The van der Waals surface area contributed by atoms with Gasteiger partial charge in [0.25, 0.3) is 0 Å². The molecule has 1 aliphatic heterocycles. The predicted octanol–water partition coefficient (Wildman–Crippen LogP) is 3.82. The molecule has 1 unspecified atom stereocenters. The van der Waals surface area contributed by atoms with Gasteiger partial charge < -0.3 is 20.7 Å². The van der Waals surface area contributed by atoms with Crippen molar-refractivity contribution in [2.75, 3.05) is 31.5 Å². The van der Waals surface area contributed by atoms with Gasteiger partial charge in [0, 0.05) is 13.1 Å². The standard InChI is InChI=1S/C18H27F3N4O/c1-14-7-6-12-25(13-14)11-5-4-10-23-17(22)24-15-8-2-3-9-16(15)26-18(19,20)21/h2-3,8-9,14H,4-7,10-13H2,1H3,(H3,22,23,24). The van der Waals surface area contributed by atoms with Crippen molar-refractivity contribution in [2.45, 2.75) is 39.0 Å². The number of alkyl halides is 3. The molecule has 26 heavy (non-hydrogen) atoms. The van der Waals surface area contributed by atoms with Crippen LogP contribution in [0.25, 0.3) is 0 Å². The second-order valence-corrected chi connectivity index (χ2v) is 6.69. The number of piperidine rings is 1. The van der Waals surface area contributed by atoms with Gasteiger partial charge in [0.15, 0.2) is 11.7 Å². The van der Waals surface area contributed by atoms with Crippen molar-refractivity contribution in [3.63, 3.8) is 0 Å². The summed E-state index contributed by atoms with van der Waals surface area (Å²) in [6.45, 7) is 6.18. The zero-order valence-electron chi connectivity index (χ0n) is 15.1. The van der Waals surface area contributed by atoms with Crippen molar-refractivity contribution in [2.24, 2.45) is 16.6 Å². The van der Waals surface area contributed by atoms with E-state index >= 15 is 0 Å². The van der Waals surface area contributed by atoms with Gasteiger partial charge in [-0.1, -0.05) is 19.1 Å². The third-order valence-electron chi connectivity index (χ3n) is 4.28. The fourth-order valence-electron chi connectivity index (χ4n) is 3.10. The Balaban J connectivity index is 1.74. The van der Waals surface area contributed by atoms with Crippen LogP contribution in [0, 0.1) is 5.92 Å². The molecule has 0 radical (unpaired) electrons. The van der Waals surface area contributed by atoms with E-state index in [-0.39, 0.29) is 17.4 Å². The highest BCUT2D eigenvalue weighted by Crippen LogP contribution is 2.29. The highest BCUT2D eigenvalue weighted by Gasteiger charge is 2.32. The fraction of sp³-hybridized carbons (Fsp3) is 0.611. The summed E-state index contributed by atoms with van der Waals surface area (Å²) in [5.74, 6) is 0.507. The molecule has 1 saturated heterocycles. The van der Waals surface area contributed by atoms with Gasteiger partial charge in [-0.05, 0) is 56.8 Å². The van der Waals surface area contributed by atoms with Gasteiger partial charge in [0.05, 0.1) is 5.69 Å². The summed E-state index contributed by atoms with van der Waals surface area (Å²) >= 11 is 0. The molecule has 1 aromatic rings. The van der Waals surface area contributed by atoms with Gasteiger partial charge in [0.1, 0.15) is 0 Å². The summed E-state index contributed by atoms with van der Waals surface area (Å²) in [7, 11) is 0. The minimum atomic E-state index is -4.75. The monoisotopic (exact) mass is 372 g/mol. The molecule has 5 nitrogen and oxygen atoms in total. The van der Waals surface area contributed by atoms with Crippen molar-refractivity contribution in [3.8, 4) is 5.75 Å². The Bertz CT molecular complexity index is 592. The predicted molar refractivity (Wildman–Crippen MR) is 97.3 cm³/mol. The van der Waals surface area contributed by atoms with Crippen LogP contribution in [-0.4, -0.2) is 43.4 Å². The third kappa shape index (κ3) is 7.51. The molecule has 0 spiro atoms. The van der Waals surface area contributed by atoms with Crippen molar-refractivity contribution in [1.29, 1.82) is 0 Å². The third-order valence-corrected chi connectivity index (χ3v) is 4.28. The highest BCUT2D eigenvalue weighted by atomic mass is 19.4. The number of unbranched alkanes of at least 4 members (excludes halogenated alkanes) is 1. The summed E-state index contributed by atoms with van der Waals surface area (Å²) in [6, 6.07) is 5.74. The van der Waals surface area contributed by atoms with Gasteiger partial charge in [-0.2, -0.15) is 0 Å². The first-order chi connectivity index (χ1) is 12.3. The molecule has 0 amide bonds.